The van der Waals surface area contributed by atoms with Gasteiger partial charge < -0.3 is 4.74 Å². The van der Waals surface area contributed by atoms with E-state index < -0.39 is 5.97 Å². The van der Waals surface area contributed by atoms with E-state index in [4.69, 9.17) is 4.74 Å². The molecule has 0 radical (unpaired) electrons. The van der Waals surface area contributed by atoms with Crippen molar-refractivity contribution in [3.63, 3.8) is 0 Å². The van der Waals surface area contributed by atoms with E-state index in [1.54, 1.807) is 30.8 Å². The Labute approximate surface area is 141 Å². The highest BCUT2D eigenvalue weighted by molar-refractivity contribution is 14.1. The SMILES string of the molecule is CCOC(=O)c1ccc(Sc2ccc(I)cc2)cc1C#N. The molecule has 3 nitrogen and oxygen atoms in total. The fourth-order valence-electron chi connectivity index (χ4n) is 1.70. The number of halogens is 1. The van der Waals surface area contributed by atoms with Gasteiger partial charge in [-0.1, -0.05) is 11.8 Å². The first-order valence-corrected chi connectivity index (χ1v) is 8.18. The maximum atomic E-state index is 11.8. The Bertz CT molecular complexity index is 692. The first kappa shape index (κ1) is 15.9. The standard InChI is InChI=1S/C16H12INO2S/c1-2-20-16(19)15-8-7-14(9-11(15)10-18)21-13-5-3-12(17)4-6-13/h3-9H,2H2,1H3. The molecule has 0 saturated carbocycles. The van der Waals surface area contributed by atoms with E-state index >= 15 is 0 Å². The Morgan fingerprint density at radius 3 is 2.52 bits per heavy atom. The Morgan fingerprint density at radius 2 is 1.90 bits per heavy atom. The van der Waals surface area contributed by atoms with Crippen LogP contribution >= 0.6 is 34.4 Å². The molecule has 5 heteroatoms. The molecule has 0 atom stereocenters. The van der Waals surface area contributed by atoms with Crippen LogP contribution in [0.3, 0.4) is 0 Å². The molecule has 106 valence electrons. The van der Waals surface area contributed by atoms with Gasteiger partial charge in [0.05, 0.1) is 17.7 Å². The van der Waals surface area contributed by atoms with E-state index in [-0.39, 0.29) is 0 Å². The molecule has 21 heavy (non-hydrogen) atoms. The van der Waals surface area contributed by atoms with Crippen molar-refractivity contribution in [2.45, 2.75) is 16.7 Å². The minimum absolute atomic E-state index is 0.294. The van der Waals surface area contributed by atoms with Gasteiger partial charge in [0.25, 0.3) is 0 Å². The zero-order chi connectivity index (χ0) is 15.2. The van der Waals surface area contributed by atoms with Crippen molar-refractivity contribution in [1.29, 1.82) is 5.26 Å². The van der Waals surface area contributed by atoms with E-state index in [2.05, 4.69) is 28.7 Å². The summed E-state index contributed by atoms with van der Waals surface area (Å²) in [4.78, 5) is 13.8. The Morgan fingerprint density at radius 1 is 1.24 bits per heavy atom. The zero-order valence-electron chi connectivity index (χ0n) is 11.3. The number of ether oxygens (including phenoxy) is 1. The van der Waals surface area contributed by atoms with Crippen molar-refractivity contribution in [3.05, 3.63) is 57.2 Å². The summed E-state index contributed by atoms with van der Waals surface area (Å²) in [6.45, 7) is 2.04. The van der Waals surface area contributed by atoms with Gasteiger partial charge >= 0.3 is 5.97 Å². The molecule has 2 rings (SSSR count). The lowest BCUT2D eigenvalue weighted by Crippen LogP contribution is -2.06. The molecule has 0 heterocycles. The van der Waals surface area contributed by atoms with Crippen LogP contribution in [0, 0.1) is 14.9 Å². The lowest BCUT2D eigenvalue weighted by molar-refractivity contribution is 0.0526. The van der Waals surface area contributed by atoms with Crippen LogP contribution in [0.25, 0.3) is 0 Å². The van der Waals surface area contributed by atoms with Crippen LogP contribution < -0.4 is 0 Å². The van der Waals surface area contributed by atoms with E-state index in [9.17, 15) is 10.1 Å². The van der Waals surface area contributed by atoms with Gasteiger partial charge in [-0.3, -0.25) is 0 Å². The molecule has 0 aliphatic heterocycles. The average molecular weight is 409 g/mol. The van der Waals surface area contributed by atoms with E-state index in [1.807, 2.05) is 30.3 Å². The van der Waals surface area contributed by atoms with Crippen LogP contribution in [0.15, 0.2) is 52.3 Å². The quantitative estimate of drug-likeness (QED) is 0.552. The van der Waals surface area contributed by atoms with Gasteiger partial charge in [0.2, 0.25) is 0 Å². The van der Waals surface area contributed by atoms with Crippen LogP contribution in [-0.2, 0) is 4.74 Å². The third-order valence-corrected chi connectivity index (χ3v) is 4.37. The highest BCUT2D eigenvalue weighted by atomic mass is 127. The predicted octanol–water partition coefficient (Wildman–Crippen LogP) is 4.49. The summed E-state index contributed by atoms with van der Waals surface area (Å²) < 4.78 is 6.12. The number of rotatable bonds is 4. The molecule has 2 aromatic carbocycles. The summed E-state index contributed by atoms with van der Waals surface area (Å²) in [5, 5.41) is 9.19. The number of carbonyl (C=O) groups excluding carboxylic acids is 1. The minimum atomic E-state index is -0.458. The molecule has 0 fully saturated rings. The van der Waals surface area contributed by atoms with Gasteiger partial charge in [-0.15, -0.1) is 0 Å². The summed E-state index contributed by atoms with van der Waals surface area (Å²) in [6, 6.07) is 15.4. The van der Waals surface area contributed by atoms with Gasteiger partial charge in [-0.2, -0.15) is 5.26 Å². The lowest BCUT2D eigenvalue weighted by atomic mass is 10.1. The highest BCUT2D eigenvalue weighted by Crippen LogP contribution is 2.29. The summed E-state index contributed by atoms with van der Waals surface area (Å²) in [5.41, 5.74) is 0.648. The van der Waals surface area contributed by atoms with Gasteiger partial charge in [-0.05, 0) is 72.0 Å². The molecule has 0 bridgehead atoms. The van der Waals surface area contributed by atoms with Gasteiger partial charge in [-0.25, -0.2) is 4.79 Å². The van der Waals surface area contributed by atoms with Crippen molar-refractivity contribution >= 4 is 40.3 Å². The number of benzene rings is 2. The molecule has 0 aliphatic carbocycles. The van der Waals surface area contributed by atoms with Crippen LogP contribution in [0.1, 0.15) is 22.8 Å². The van der Waals surface area contributed by atoms with Crippen LogP contribution in [0.4, 0.5) is 0 Å². The maximum Gasteiger partial charge on any atom is 0.339 e. The number of nitriles is 1. The summed E-state index contributed by atoms with van der Waals surface area (Å²) in [7, 11) is 0. The minimum Gasteiger partial charge on any atom is -0.462 e. The third kappa shape index (κ3) is 4.22. The topological polar surface area (TPSA) is 50.1 Å². The molecular weight excluding hydrogens is 397 g/mol. The Balaban J connectivity index is 2.25. The highest BCUT2D eigenvalue weighted by Gasteiger charge is 2.13. The summed E-state index contributed by atoms with van der Waals surface area (Å²) in [5.74, 6) is -0.458. The number of nitrogens with zero attached hydrogens (tertiary/aromatic N) is 1. The van der Waals surface area contributed by atoms with Crippen molar-refractivity contribution in [2.75, 3.05) is 6.61 Å². The van der Waals surface area contributed by atoms with Gasteiger partial charge in [0.15, 0.2) is 0 Å². The molecule has 2 aromatic rings. The summed E-state index contributed by atoms with van der Waals surface area (Å²) >= 11 is 3.81. The second-order valence-electron chi connectivity index (χ2n) is 4.10. The fraction of sp³-hybridized carbons (Fsp3) is 0.125. The number of carbonyl (C=O) groups is 1. The third-order valence-electron chi connectivity index (χ3n) is 2.66. The molecule has 0 unspecified atom stereocenters. The monoisotopic (exact) mass is 409 g/mol. The predicted molar refractivity (Wildman–Crippen MR) is 90.4 cm³/mol. The first-order chi connectivity index (χ1) is 10.1. The molecule has 0 aromatic heterocycles. The van der Waals surface area contributed by atoms with Gasteiger partial charge in [0.1, 0.15) is 6.07 Å². The lowest BCUT2D eigenvalue weighted by Gasteiger charge is -2.06. The van der Waals surface area contributed by atoms with Gasteiger partial charge in [0, 0.05) is 13.4 Å². The second-order valence-corrected chi connectivity index (χ2v) is 6.49. The van der Waals surface area contributed by atoms with Crippen LogP contribution in [0.5, 0.6) is 0 Å². The smallest absolute Gasteiger partial charge is 0.339 e. The van der Waals surface area contributed by atoms with E-state index in [0.717, 1.165) is 9.79 Å². The number of hydrogen-bond acceptors (Lipinski definition) is 4. The van der Waals surface area contributed by atoms with E-state index in [1.165, 1.54) is 3.57 Å². The Hall–Kier alpha value is -1.52. The molecule has 0 spiro atoms. The van der Waals surface area contributed by atoms with Crippen molar-refractivity contribution in [1.82, 2.24) is 0 Å². The zero-order valence-corrected chi connectivity index (χ0v) is 14.3. The van der Waals surface area contributed by atoms with Crippen molar-refractivity contribution in [3.8, 4) is 6.07 Å². The molecule has 0 N–H and O–H groups in total. The summed E-state index contributed by atoms with van der Waals surface area (Å²) in [6.07, 6.45) is 0. The second kappa shape index (κ2) is 7.48. The van der Waals surface area contributed by atoms with Crippen molar-refractivity contribution < 1.29 is 9.53 Å². The molecule has 0 aliphatic rings. The molecule has 0 amide bonds. The number of hydrogen-bond donors (Lipinski definition) is 0. The first-order valence-electron chi connectivity index (χ1n) is 6.28. The van der Waals surface area contributed by atoms with Crippen LogP contribution in [0.2, 0.25) is 0 Å². The number of esters is 1. The van der Waals surface area contributed by atoms with Crippen LogP contribution in [-0.4, -0.2) is 12.6 Å². The molecule has 0 saturated heterocycles. The maximum absolute atomic E-state index is 11.8. The fourth-order valence-corrected chi connectivity index (χ4v) is 2.92. The Kier molecular flexibility index (Phi) is 5.65. The largest absolute Gasteiger partial charge is 0.462 e. The average Bonchev–Trinajstić information content (AvgIpc) is 2.49. The normalized spacial score (nSPS) is 9.95. The molecular formula is C16H12INO2S. The van der Waals surface area contributed by atoms with E-state index in [0.29, 0.717) is 17.7 Å². The van der Waals surface area contributed by atoms with Crippen molar-refractivity contribution in [2.24, 2.45) is 0 Å².